The summed E-state index contributed by atoms with van der Waals surface area (Å²) in [5, 5.41) is 1.60. The Bertz CT molecular complexity index is 345. The number of nitrogens with two attached hydrogens (primary N) is 2. The zero-order chi connectivity index (χ0) is 10.0. The van der Waals surface area contributed by atoms with Gasteiger partial charge in [0.1, 0.15) is 0 Å². The average molecular weight is 194 g/mol. The fourth-order valence-corrected chi connectivity index (χ4v) is 1.53. The lowest BCUT2D eigenvalue weighted by molar-refractivity contribution is 1.14. The van der Waals surface area contributed by atoms with Gasteiger partial charge in [0, 0.05) is 22.3 Å². The van der Waals surface area contributed by atoms with E-state index < -0.39 is 0 Å². The summed E-state index contributed by atoms with van der Waals surface area (Å²) in [4.78, 5) is 0. The lowest BCUT2D eigenvalue weighted by Crippen LogP contribution is -2.04. The maximum Gasteiger partial charge on any atom is 0.0446 e. The third-order valence-corrected chi connectivity index (χ3v) is 2.56. The van der Waals surface area contributed by atoms with Crippen molar-refractivity contribution in [2.24, 2.45) is 0 Å². The molecule has 0 fully saturated rings. The standard InChI is InChI=1S/C10H14N2S/c1-3-7-4-8(5-13)10(12)6(2)9(7)11/h4-5H,3,11-12H2,1-2H3. The number of benzene rings is 1. The zero-order valence-electron chi connectivity index (χ0n) is 7.92. The molecule has 1 rings (SSSR count). The van der Waals surface area contributed by atoms with Crippen LogP contribution < -0.4 is 11.5 Å². The summed E-state index contributed by atoms with van der Waals surface area (Å²) in [5.74, 6) is 0. The quantitative estimate of drug-likeness (QED) is 0.560. The molecule has 0 radical (unpaired) electrons. The van der Waals surface area contributed by atoms with Crippen LogP contribution in [0.4, 0.5) is 11.4 Å². The Morgan fingerprint density at radius 3 is 2.46 bits per heavy atom. The molecule has 70 valence electrons. The number of anilines is 2. The van der Waals surface area contributed by atoms with Crippen LogP contribution in [0.1, 0.15) is 23.6 Å². The molecule has 1 aromatic rings. The highest BCUT2D eigenvalue weighted by molar-refractivity contribution is 7.79. The highest BCUT2D eigenvalue weighted by Gasteiger charge is 2.07. The fourth-order valence-electron chi connectivity index (χ4n) is 1.34. The summed E-state index contributed by atoms with van der Waals surface area (Å²) in [5.41, 5.74) is 16.2. The smallest absolute Gasteiger partial charge is 0.0446 e. The van der Waals surface area contributed by atoms with Crippen LogP contribution in [0.15, 0.2) is 6.07 Å². The minimum Gasteiger partial charge on any atom is -0.398 e. The van der Waals surface area contributed by atoms with Gasteiger partial charge >= 0.3 is 0 Å². The summed E-state index contributed by atoms with van der Waals surface area (Å²) in [6.07, 6.45) is 0.906. The summed E-state index contributed by atoms with van der Waals surface area (Å²) in [6.45, 7) is 3.99. The molecular weight excluding hydrogens is 180 g/mol. The van der Waals surface area contributed by atoms with Crippen LogP contribution in [0.5, 0.6) is 0 Å². The van der Waals surface area contributed by atoms with Crippen LogP contribution in [0.25, 0.3) is 0 Å². The molecule has 0 amide bonds. The Balaban J connectivity index is 3.45. The normalized spacial score (nSPS) is 10.0. The second kappa shape index (κ2) is 3.75. The van der Waals surface area contributed by atoms with Crippen LogP contribution in [-0.2, 0) is 6.42 Å². The number of thiocarbonyl (C=S) groups is 1. The lowest BCUT2D eigenvalue weighted by Gasteiger charge is -2.11. The number of nitrogen functional groups attached to an aromatic ring is 2. The Labute approximate surface area is 83.9 Å². The van der Waals surface area contributed by atoms with Crippen molar-refractivity contribution in [2.75, 3.05) is 11.5 Å². The van der Waals surface area contributed by atoms with Gasteiger partial charge < -0.3 is 11.5 Å². The van der Waals surface area contributed by atoms with Crippen molar-refractivity contribution < 1.29 is 0 Å². The van der Waals surface area contributed by atoms with E-state index in [1.807, 2.05) is 13.0 Å². The van der Waals surface area contributed by atoms with Gasteiger partial charge in [-0.3, -0.25) is 0 Å². The highest BCUT2D eigenvalue weighted by Crippen LogP contribution is 2.26. The van der Waals surface area contributed by atoms with Gasteiger partial charge in [-0.1, -0.05) is 19.1 Å². The largest absolute Gasteiger partial charge is 0.398 e. The van der Waals surface area contributed by atoms with Gasteiger partial charge in [-0.05, 0) is 30.5 Å². The van der Waals surface area contributed by atoms with Crippen LogP contribution in [0.3, 0.4) is 0 Å². The second-order valence-electron chi connectivity index (χ2n) is 3.05. The summed E-state index contributed by atoms with van der Waals surface area (Å²) < 4.78 is 0. The molecule has 0 aromatic heterocycles. The van der Waals surface area contributed by atoms with Gasteiger partial charge in [0.2, 0.25) is 0 Å². The average Bonchev–Trinajstić information content (AvgIpc) is 2.15. The Kier molecular flexibility index (Phi) is 2.88. The maximum absolute atomic E-state index is 5.89. The van der Waals surface area contributed by atoms with Crippen molar-refractivity contribution in [2.45, 2.75) is 20.3 Å². The van der Waals surface area contributed by atoms with Crippen molar-refractivity contribution in [1.29, 1.82) is 0 Å². The van der Waals surface area contributed by atoms with E-state index in [9.17, 15) is 0 Å². The topological polar surface area (TPSA) is 52.0 Å². The van der Waals surface area contributed by atoms with Gasteiger partial charge in [0.15, 0.2) is 0 Å². The molecule has 0 atom stereocenters. The molecule has 0 aliphatic heterocycles. The molecule has 0 aliphatic rings. The van der Waals surface area contributed by atoms with E-state index in [1.54, 1.807) is 5.37 Å². The first-order chi connectivity index (χ1) is 6.11. The van der Waals surface area contributed by atoms with E-state index in [1.165, 1.54) is 0 Å². The molecule has 0 saturated heterocycles. The molecule has 0 bridgehead atoms. The van der Waals surface area contributed by atoms with Gasteiger partial charge in [-0.15, -0.1) is 0 Å². The fraction of sp³-hybridized carbons (Fsp3) is 0.300. The highest BCUT2D eigenvalue weighted by atomic mass is 32.1. The molecule has 0 unspecified atom stereocenters. The molecule has 0 heterocycles. The SMILES string of the molecule is CCc1cc(C=S)c(N)c(C)c1N. The van der Waals surface area contributed by atoms with Gasteiger partial charge in [-0.25, -0.2) is 0 Å². The molecular formula is C10H14N2S. The van der Waals surface area contributed by atoms with E-state index in [0.717, 1.165) is 28.8 Å². The van der Waals surface area contributed by atoms with Crippen molar-refractivity contribution in [1.82, 2.24) is 0 Å². The van der Waals surface area contributed by atoms with E-state index in [4.69, 9.17) is 23.7 Å². The van der Waals surface area contributed by atoms with Gasteiger partial charge in [0.05, 0.1) is 0 Å². The van der Waals surface area contributed by atoms with Gasteiger partial charge in [0.25, 0.3) is 0 Å². The summed E-state index contributed by atoms with van der Waals surface area (Å²) >= 11 is 4.87. The van der Waals surface area contributed by atoms with Crippen LogP contribution in [0.2, 0.25) is 0 Å². The third kappa shape index (κ3) is 1.65. The zero-order valence-corrected chi connectivity index (χ0v) is 8.74. The van der Waals surface area contributed by atoms with Crippen LogP contribution in [0, 0.1) is 6.92 Å². The van der Waals surface area contributed by atoms with Crippen molar-refractivity contribution in [3.05, 3.63) is 22.8 Å². The molecule has 0 spiro atoms. The monoisotopic (exact) mass is 194 g/mol. The van der Waals surface area contributed by atoms with E-state index in [-0.39, 0.29) is 0 Å². The van der Waals surface area contributed by atoms with Gasteiger partial charge in [-0.2, -0.15) is 0 Å². The molecule has 2 nitrogen and oxygen atoms in total. The minimum absolute atomic E-state index is 0.699. The molecule has 0 aliphatic carbocycles. The first-order valence-corrected chi connectivity index (χ1v) is 4.71. The predicted octanol–water partition coefficient (Wildman–Crippen LogP) is 2.07. The molecule has 0 saturated carbocycles. The summed E-state index contributed by atoms with van der Waals surface area (Å²) in [7, 11) is 0. The molecule has 4 N–H and O–H groups in total. The number of rotatable bonds is 2. The van der Waals surface area contributed by atoms with Crippen LogP contribution >= 0.6 is 12.2 Å². The Morgan fingerprint density at radius 2 is 2.00 bits per heavy atom. The first kappa shape index (κ1) is 9.99. The van der Waals surface area contributed by atoms with Crippen molar-refractivity contribution in [3.63, 3.8) is 0 Å². The number of hydrogen-bond acceptors (Lipinski definition) is 3. The number of hydrogen-bond donors (Lipinski definition) is 2. The Hall–Kier alpha value is -1.09. The third-order valence-electron chi connectivity index (χ3n) is 2.30. The Morgan fingerprint density at radius 1 is 1.38 bits per heavy atom. The van der Waals surface area contributed by atoms with Crippen molar-refractivity contribution in [3.8, 4) is 0 Å². The maximum atomic E-state index is 5.89. The minimum atomic E-state index is 0.699. The molecule has 1 aromatic carbocycles. The van der Waals surface area contributed by atoms with Crippen LogP contribution in [-0.4, -0.2) is 5.37 Å². The molecule has 3 heteroatoms. The van der Waals surface area contributed by atoms with E-state index in [2.05, 4.69) is 6.92 Å². The lowest BCUT2D eigenvalue weighted by atomic mass is 10.0. The summed E-state index contributed by atoms with van der Waals surface area (Å²) in [6, 6.07) is 1.96. The van der Waals surface area contributed by atoms with E-state index >= 15 is 0 Å². The predicted molar refractivity (Wildman–Crippen MR) is 62.1 cm³/mol. The van der Waals surface area contributed by atoms with Crippen molar-refractivity contribution >= 4 is 29.0 Å². The molecule has 13 heavy (non-hydrogen) atoms. The van der Waals surface area contributed by atoms with E-state index in [0.29, 0.717) is 5.69 Å². The second-order valence-corrected chi connectivity index (χ2v) is 3.28. The number of aryl methyl sites for hydroxylation is 1. The first-order valence-electron chi connectivity index (χ1n) is 4.24.